The molecule has 1 aliphatic rings. The Balaban J connectivity index is 2.56. The van der Waals surface area contributed by atoms with E-state index in [0.29, 0.717) is 5.92 Å². The second-order valence-corrected chi connectivity index (χ2v) is 6.38. The summed E-state index contributed by atoms with van der Waals surface area (Å²) in [4.78, 5) is 12.0. The van der Waals surface area contributed by atoms with Crippen LogP contribution in [0.15, 0.2) is 0 Å². The molecule has 2 nitrogen and oxygen atoms in total. The molecule has 0 spiro atoms. The van der Waals surface area contributed by atoms with Crippen molar-refractivity contribution >= 4 is 5.97 Å². The number of carbonyl (C=O) groups excluding carboxylic acids is 1. The molecule has 0 N–H and O–H groups in total. The molecule has 1 unspecified atom stereocenters. The monoisotopic (exact) mass is 254 g/mol. The van der Waals surface area contributed by atoms with E-state index in [2.05, 4.69) is 13.8 Å². The molecule has 1 aliphatic carbocycles. The molecule has 106 valence electrons. The van der Waals surface area contributed by atoms with Crippen molar-refractivity contribution in [2.45, 2.75) is 84.7 Å². The maximum Gasteiger partial charge on any atom is 0.309 e. The zero-order valence-corrected chi connectivity index (χ0v) is 12.6. The fourth-order valence-electron chi connectivity index (χ4n) is 2.76. The summed E-state index contributed by atoms with van der Waals surface area (Å²) in [5.74, 6) is 0.535. The van der Waals surface area contributed by atoms with Crippen LogP contribution in [0.1, 0.15) is 79.1 Å². The van der Waals surface area contributed by atoms with Gasteiger partial charge in [0.15, 0.2) is 0 Å². The van der Waals surface area contributed by atoms with E-state index in [1.807, 2.05) is 13.8 Å². The Morgan fingerprint density at radius 2 is 1.67 bits per heavy atom. The number of carbonyl (C=O) groups is 1. The van der Waals surface area contributed by atoms with Crippen molar-refractivity contribution in [3.63, 3.8) is 0 Å². The van der Waals surface area contributed by atoms with Crippen LogP contribution in [0, 0.1) is 11.8 Å². The van der Waals surface area contributed by atoms with Gasteiger partial charge in [0.2, 0.25) is 0 Å². The minimum Gasteiger partial charge on any atom is -0.459 e. The first-order chi connectivity index (χ1) is 8.47. The van der Waals surface area contributed by atoms with Gasteiger partial charge in [-0.25, -0.2) is 0 Å². The van der Waals surface area contributed by atoms with Crippen LogP contribution >= 0.6 is 0 Å². The van der Waals surface area contributed by atoms with Crippen LogP contribution in [-0.4, -0.2) is 11.6 Å². The van der Waals surface area contributed by atoms with Crippen LogP contribution in [0.5, 0.6) is 0 Å². The van der Waals surface area contributed by atoms with Crippen LogP contribution in [0.4, 0.5) is 0 Å². The lowest BCUT2D eigenvalue weighted by molar-refractivity contribution is -0.167. The molecule has 0 aromatic heterocycles. The molecule has 0 saturated heterocycles. The number of ether oxygens (including phenoxy) is 1. The minimum atomic E-state index is -0.294. The van der Waals surface area contributed by atoms with Gasteiger partial charge in [0.05, 0.1) is 5.92 Å². The van der Waals surface area contributed by atoms with Crippen molar-refractivity contribution in [1.82, 2.24) is 0 Å². The second kappa shape index (κ2) is 7.16. The van der Waals surface area contributed by atoms with Gasteiger partial charge in [-0.2, -0.15) is 0 Å². The van der Waals surface area contributed by atoms with Gasteiger partial charge in [-0.3, -0.25) is 4.79 Å². The largest absolute Gasteiger partial charge is 0.459 e. The predicted octanol–water partition coefficient (Wildman–Crippen LogP) is 4.71. The Kier molecular flexibility index (Phi) is 6.17. The fraction of sp³-hybridized carbons (Fsp3) is 0.938. The summed E-state index contributed by atoms with van der Waals surface area (Å²) in [7, 11) is 0. The lowest BCUT2D eigenvalue weighted by Crippen LogP contribution is -2.38. The summed E-state index contributed by atoms with van der Waals surface area (Å²) in [6.07, 6.45) is 9.91. The standard InChI is InChI=1S/C16H30O2/c1-5-13(2)15(17)18-16(3,4)14-11-9-7-6-8-10-12-14/h13-14H,5-12H2,1-4H3. The van der Waals surface area contributed by atoms with Crippen LogP contribution in [0.3, 0.4) is 0 Å². The molecule has 1 fully saturated rings. The highest BCUT2D eigenvalue weighted by Crippen LogP contribution is 2.33. The van der Waals surface area contributed by atoms with Crippen molar-refractivity contribution in [1.29, 1.82) is 0 Å². The van der Waals surface area contributed by atoms with E-state index in [-0.39, 0.29) is 17.5 Å². The van der Waals surface area contributed by atoms with Crippen molar-refractivity contribution in [2.75, 3.05) is 0 Å². The van der Waals surface area contributed by atoms with Crippen LogP contribution in [0.25, 0.3) is 0 Å². The normalized spacial score (nSPS) is 20.9. The molecule has 0 amide bonds. The third-order valence-corrected chi connectivity index (χ3v) is 4.47. The van der Waals surface area contributed by atoms with Gasteiger partial charge < -0.3 is 4.74 Å². The summed E-state index contributed by atoms with van der Waals surface area (Å²) in [6.45, 7) is 8.18. The molecule has 18 heavy (non-hydrogen) atoms. The van der Waals surface area contributed by atoms with E-state index < -0.39 is 0 Å². The average molecular weight is 254 g/mol. The topological polar surface area (TPSA) is 26.3 Å². The Morgan fingerprint density at radius 1 is 1.17 bits per heavy atom. The SMILES string of the molecule is CCC(C)C(=O)OC(C)(C)C1CCCCCCC1. The van der Waals surface area contributed by atoms with Crippen LogP contribution < -0.4 is 0 Å². The smallest absolute Gasteiger partial charge is 0.309 e. The van der Waals surface area contributed by atoms with Gasteiger partial charge in [-0.15, -0.1) is 0 Å². The molecule has 1 atom stereocenters. The molecule has 0 radical (unpaired) electrons. The first-order valence-electron chi connectivity index (χ1n) is 7.70. The quantitative estimate of drug-likeness (QED) is 0.679. The molecular formula is C16H30O2. The van der Waals surface area contributed by atoms with Crippen molar-refractivity contribution in [3.05, 3.63) is 0 Å². The highest BCUT2D eigenvalue weighted by molar-refractivity contribution is 5.72. The van der Waals surface area contributed by atoms with E-state index >= 15 is 0 Å². The molecule has 0 aromatic rings. The van der Waals surface area contributed by atoms with Crippen molar-refractivity contribution in [3.8, 4) is 0 Å². The number of hydrogen-bond acceptors (Lipinski definition) is 2. The van der Waals surface area contributed by atoms with E-state index in [9.17, 15) is 4.79 Å². The van der Waals surface area contributed by atoms with Gasteiger partial charge in [0.1, 0.15) is 5.60 Å². The highest BCUT2D eigenvalue weighted by atomic mass is 16.6. The predicted molar refractivity (Wildman–Crippen MR) is 75.4 cm³/mol. The minimum absolute atomic E-state index is 0.0236. The Morgan fingerprint density at radius 3 is 2.17 bits per heavy atom. The summed E-state index contributed by atoms with van der Waals surface area (Å²) >= 11 is 0. The summed E-state index contributed by atoms with van der Waals surface area (Å²) in [5.41, 5.74) is -0.294. The maximum absolute atomic E-state index is 12.0. The third-order valence-electron chi connectivity index (χ3n) is 4.47. The Labute approximate surface area is 112 Å². The lowest BCUT2D eigenvalue weighted by Gasteiger charge is -2.36. The highest BCUT2D eigenvalue weighted by Gasteiger charge is 2.33. The van der Waals surface area contributed by atoms with E-state index in [0.717, 1.165) is 6.42 Å². The summed E-state index contributed by atoms with van der Waals surface area (Å²) in [5, 5.41) is 0. The van der Waals surface area contributed by atoms with Crippen LogP contribution in [-0.2, 0) is 9.53 Å². The molecule has 2 heteroatoms. The lowest BCUT2D eigenvalue weighted by atomic mass is 9.80. The van der Waals surface area contributed by atoms with Crippen LogP contribution in [0.2, 0.25) is 0 Å². The number of esters is 1. The van der Waals surface area contributed by atoms with Crippen molar-refractivity contribution < 1.29 is 9.53 Å². The van der Waals surface area contributed by atoms with E-state index in [1.165, 1.54) is 44.9 Å². The second-order valence-electron chi connectivity index (χ2n) is 6.38. The molecule has 0 heterocycles. The molecule has 0 aliphatic heterocycles. The van der Waals surface area contributed by atoms with Gasteiger partial charge in [-0.05, 0) is 39.0 Å². The summed E-state index contributed by atoms with van der Waals surface area (Å²) < 4.78 is 5.79. The molecule has 1 rings (SSSR count). The molecule has 0 aromatic carbocycles. The van der Waals surface area contributed by atoms with E-state index in [1.54, 1.807) is 0 Å². The van der Waals surface area contributed by atoms with Gasteiger partial charge in [0, 0.05) is 0 Å². The molecule has 1 saturated carbocycles. The van der Waals surface area contributed by atoms with Gasteiger partial charge >= 0.3 is 5.97 Å². The first kappa shape index (κ1) is 15.5. The van der Waals surface area contributed by atoms with E-state index in [4.69, 9.17) is 4.74 Å². The maximum atomic E-state index is 12.0. The van der Waals surface area contributed by atoms with Gasteiger partial charge in [0.25, 0.3) is 0 Å². The molecular weight excluding hydrogens is 224 g/mol. The zero-order chi connectivity index (χ0) is 13.6. The fourth-order valence-corrected chi connectivity index (χ4v) is 2.76. The number of hydrogen-bond donors (Lipinski definition) is 0. The average Bonchev–Trinajstić information content (AvgIpc) is 2.26. The van der Waals surface area contributed by atoms with Crippen molar-refractivity contribution in [2.24, 2.45) is 11.8 Å². The third kappa shape index (κ3) is 4.62. The summed E-state index contributed by atoms with van der Waals surface area (Å²) in [6, 6.07) is 0. The molecule has 0 bridgehead atoms. The first-order valence-corrected chi connectivity index (χ1v) is 7.70. The van der Waals surface area contributed by atoms with Gasteiger partial charge in [-0.1, -0.05) is 46.0 Å². The Bertz CT molecular complexity index is 250. The number of rotatable bonds is 4. The Hall–Kier alpha value is -0.530. The zero-order valence-electron chi connectivity index (χ0n) is 12.6.